The Morgan fingerprint density at radius 1 is 1.38 bits per heavy atom. The van der Waals surface area contributed by atoms with E-state index in [2.05, 4.69) is 4.72 Å². The Balaban J connectivity index is 2.96. The number of sulfonamides is 1. The molecule has 0 aromatic heterocycles. The normalized spacial score (nSPS) is 11.8. The van der Waals surface area contributed by atoms with Crippen LogP contribution in [0.3, 0.4) is 0 Å². The second-order valence-electron chi connectivity index (χ2n) is 3.96. The van der Waals surface area contributed by atoms with Gasteiger partial charge < -0.3 is 5.73 Å². The Hall–Kier alpha value is -1.23. The van der Waals surface area contributed by atoms with Crippen molar-refractivity contribution >= 4 is 21.4 Å². The SMILES string of the molecule is CCc1ccc(NS(=O)(=O)C(C)C)cc1N. The summed E-state index contributed by atoms with van der Waals surface area (Å²) in [6.45, 7) is 5.27. The molecule has 0 aliphatic heterocycles. The van der Waals surface area contributed by atoms with E-state index < -0.39 is 15.3 Å². The highest BCUT2D eigenvalue weighted by Gasteiger charge is 2.15. The summed E-state index contributed by atoms with van der Waals surface area (Å²) in [7, 11) is -3.29. The van der Waals surface area contributed by atoms with Gasteiger partial charge in [0, 0.05) is 5.69 Å². The highest BCUT2D eigenvalue weighted by atomic mass is 32.2. The molecule has 0 saturated carbocycles. The highest BCUT2D eigenvalue weighted by Crippen LogP contribution is 2.20. The predicted octanol–water partition coefficient (Wildman–Crippen LogP) is 1.98. The Labute approximate surface area is 96.9 Å². The Bertz CT molecular complexity index is 467. The third kappa shape index (κ3) is 2.88. The van der Waals surface area contributed by atoms with E-state index in [0.717, 1.165) is 12.0 Å². The number of aryl methyl sites for hydroxylation is 1. The third-order valence-corrected chi connectivity index (χ3v) is 4.17. The maximum atomic E-state index is 11.6. The van der Waals surface area contributed by atoms with Gasteiger partial charge in [-0.05, 0) is 38.0 Å². The second-order valence-corrected chi connectivity index (χ2v) is 6.20. The fraction of sp³-hybridized carbons (Fsp3) is 0.455. The number of nitrogen functional groups attached to an aromatic ring is 1. The molecule has 1 rings (SSSR count). The first-order valence-electron chi connectivity index (χ1n) is 5.27. The van der Waals surface area contributed by atoms with Crippen molar-refractivity contribution in [1.82, 2.24) is 0 Å². The maximum absolute atomic E-state index is 11.6. The van der Waals surface area contributed by atoms with E-state index in [1.165, 1.54) is 0 Å². The molecule has 5 heteroatoms. The fourth-order valence-corrected chi connectivity index (χ4v) is 1.95. The van der Waals surface area contributed by atoms with E-state index in [0.29, 0.717) is 11.4 Å². The van der Waals surface area contributed by atoms with Gasteiger partial charge in [0.1, 0.15) is 0 Å². The zero-order valence-electron chi connectivity index (χ0n) is 9.82. The molecule has 0 amide bonds. The Kier molecular flexibility index (Phi) is 3.80. The van der Waals surface area contributed by atoms with Crippen molar-refractivity contribution in [3.05, 3.63) is 23.8 Å². The lowest BCUT2D eigenvalue weighted by molar-refractivity contribution is 0.593. The lowest BCUT2D eigenvalue weighted by Gasteiger charge is -2.12. The number of nitrogens with one attached hydrogen (secondary N) is 1. The molecule has 3 N–H and O–H groups in total. The molecule has 0 aliphatic rings. The van der Waals surface area contributed by atoms with Gasteiger partial charge in [0.2, 0.25) is 10.0 Å². The van der Waals surface area contributed by atoms with Crippen LogP contribution in [0, 0.1) is 0 Å². The van der Waals surface area contributed by atoms with Crippen LogP contribution in [0.5, 0.6) is 0 Å². The quantitative estimate of drug-likeness (QED) is 0.793. The van der Waals surface area contributed by atoms with Crippen LogP contribution in [0.4, 0.5) is 11.4 Å². The van der Waals surface area contributed by atoms with Crippen molar-refractivity contribution in [2.75, 3.05) is 10.5 Å². The van der Waals surface area contributed by atoms with Crippen LogP contribution in [0.25, 0.3) is 0 Å². The molecule has 1 aromatic rings. The summed E-state index contributed by atoms with van der Waals surface area (Å²) in [6.07, 6.45) is 0.836. The van der Waals surface area contributed by atoms with E-state index in [-0.39, 0.29) is 0 Å². The number of hydrogen-bond acceptors (Lipinski definition) is 3. The zero-order chi connectivity index (χ0) is 12.3. The van der Waals surface area contributed by atoms with E-state index in [1.807, 2.05) is 13.0 Å². The Morgan fingerprint density at radius 3 is 2.44 bits per heavy atom. The molecule has 0 bridgehead atoms. The lowest BCUT2D eigenvalue weighted by atomic mass is 10.1. The summed E-state index contributed by atoms with van der Waals surface area (Å²) in [4.78, 5) is 0. The van der Waals surface area contributed by atoms with Gasteiger partial charge in [-0.2, -0.15) is 0 Å². The maximum Gasteiger partial charge on any atom is 0.235 e. The van der Waals surface area contributed by atoms with Gasteiger partial charge in [-0.15, -0.1) is 0 Å². The largest absolute Gasteiger partial charge is 0.398 e. The van der Waals surface area contributed by atoms with E-state index in [1.54, 1.807) is 26.0 Å². The number of nitrogens with two attached hydrogens (primary N) is 1. The van der Waals surface area contributed by atoms with Crippen LogP contribution in [-0.2, 0) is 16.4 Å². The molecular formula is C11H18N2O2S. The molecule has 0 saturated heterocycles. The zero-order valence-corrected chi connectivity index (χ0v) is 10.6. The fourth-order valence-electron chi connectivity index (χ4n) is 1.26. The molecule has 90 valence electrons. The third-order valence-electron chi connectivity index (χ3n) is 2.41. The molecular weight excluding hydrogens is 224 g/mol. The first-order valence-corrected chi connectivity index (χ1v) is 6.81. The Morgan fingerprint density at radius 2 is 2.00 bits per heavy atom. The molecule has 0 fully saturated rings. The minimum atomic E-state index is -3.29. The van der Waals surface area contributed by atoms with Crippen molar-refractivity contribution in [1.29, 1.82) is 0 Å². The van der Waals surface area contributed by atoms with Crippen molar-refractivity contribution < 1.29 is 8.42 Å². The van der Waals surface area contributed by atoms with Crippen LogP contribution >= 0.6 is 0 Å². The summed E-state index contributed by atoms with van der Waals surface area (Å²) in [5, 5.41) is -0.459. The van der Waals surface area contributed by atoms with Gasteiger partial charge in [0.05, 0.1) is 10.9 Å². The smallest absolute Gasteiger partial charge is 0.235 e. The van der Waals surface area contributed by atoms with E-state index in [9.17, 15) is 8.42 Å². The van der Waals surface area contributed by atoms with Gasteiger partial charge in [-0.25, -0.2) is 8.42 Å². The average Bonchev–Trinajstić information content (AvgIpc) is 2.17. The van der Waals surface area contributed by atoms with Crippen LogP contribution in [0.15, 0.2) is 18.2 Å². The van der Waals surface area contributed by atoms with Gasteiger partial charge in [-0.3, -0.25) is 4.72 Å². The second kappa shape index (κ2) is 4.74. The number of rotatable bonds is 4. The number of benzene rings is 1. The molecule has 0 aliphatic carbocycles. The average molecular weight is 242 g/mol. The first-order chi connectivity index (χ1) is 7.36. The van der Waals surface area contributed by atoms with Gasteiger partial charge in [-0.1, -0.05) is 13.0 Å². The molecule has 16 heavy (non-hydrogen) atoms. The molecule has 0 unspecified atom stereocenters. The summed E-state index contributed by atoms with van der Waals surface area (Å²) in [5.41, 5.74) is 7.95. The standard InChI is InChI=1S/C11H18N2O2S/c1-4-9-5-6-10(7-11(9)12)13-16(14,15)8(2)3/h5-8,13H,4,12H2,1-3H3. The van der Waals surface area contributed by atoms with E-state index >= 15 is 0 Å². The molecule has 4 nitrogen and oxygen atoms in total. The minimum Gasteiger partial charge on any atom is -0.398 e. The van der Waals surface area contributed by atoms with Crippen LogP contribution in [-0.4, -0.2) is 13.7 Å². The predicted molar refractivity (Wildman–Crippen MR) is 67.9 cm³/mol. The summed E-state index contributed by atoms with van der Waals surface area (Å²) in [5.74, 6) is 0. The topological polar surface area (TPSA) is 72.2 Å². The minimum absolute atomic E-state index is 0.459. The van der Waals surface area contributed by atoms with Crippen molar-refractivity contribution in [3.63, 3.8) is 0 Å². The van der Waals surface area contributed by atoms with Crippen molar-refractivity contribution in [2.24, 2.45) is 0 Å². The lowest BCUT2D eigenvalue weighted by Crippen LogP contribution is -2.22. The monoisotopic (exact) mass is 242 g/mol. The van der Waals surface area contributed by atoms with Crippen LogP contribution < -0.4 is 10.5 Å². The van der Waals surface area contributed by atoms with Crippen molar-refractivity contribution in [3.8, 4) is 0 Å². The van der Waals surface area contributed by atoms with E-state index in [4.69, 9.17) is 5.73 Å². The van der Waals surface area contributed by atoms with Crippen LogP contribution in [0.1, 0.15) is 26.3 Å². The molecule has 0 atom stereocenters. The molecule has 0 radical (unpaired) electrons. The van der Waals surface area contributed by atoms with Crippen molar-refractivity contribution in [2.45, 2.75) is 32.4 Å². The molecule has 0 spiro atoms. The summed E-state index contributed by atoms with van der Waals surface area (Å²) >= 11 is 0. The summed E-state index contributed by atoms with van der Waals surface area (Å²) in [6, 6.07) is 5.22. The summed E-state index contributed by atoms with van der Waals surface area (Å²) < 4.78 is 25.7. The van der Waals surface area contributed by atoms with Gasteiger partial charge in [0.25, 0.3) is 0 Å². The first kappa shape index (κ1) is 12.8. The molecule has 0 heterocycles. The van der Waals surface area contributed by atoms with Gasteiger partial charge >= 0.3 is 0 Å². The van der Waals surface area contributed by atoms with Crippen LogP contribution in [0.2, 0.25) is 0 Å². The highest BCUT2D eigenvalue weighted by molar-refractivity contribution is 7.93. The molecule has 1 aromatic carbocycles. The number of anilines is 2. The van der Waals surface area contributed by atoms with Gasteiger partial charge in [0.15, 0.2) is 0 Å². The number of hydrogen-bond donors (Lipinski definition) is 2.